The Bertz CT molecular complexity index is 914. The van der Waals surface area contributed by atoms with Gasteiger partial charge in [-0.05, 0) is 42.7 Å². The number of nitrogens with zero attached hydrogens (tertiary/aromatic N) is 3. The van der Waals surface area contributed by atoms with Gasteiger partial charge < -0.3 is 14.4 Å². The van der Waals surface area contributed by atoms with E-state index in [0.29, 0.717) is 24.7 Å². The predicted octanol–water partition coefficient (Wildman–Crippen LogP) is 3.52. The molecule has 0 unspecified atom stereocenters. The first-order valence-electron chi connectivity index (χ1n) is 8.98. The zero-order valence-electron chi connectivity index (χ0n) is 15.5. The van der Waals surface area contributed by atoms with Crippen LogP contribution in [0, 0.1) is 18.7 Å². The molecule has 6 nitrogen and oxygen atoms in total. The van der Waals surface area contributed by atoms with Gasteiger partial charge in [0.25, 0.3) is 6.47 Å². The second-order valence-corrected chi connectivity index (χ2v) is 6.65. The largest absolute Gasteiger partial charge is 0.483 e. The molecule has 2 atom stereocenters. The number of benzene rings is 1. The molecule has 1 fully saturated rings. The fraction of sp³-hybridized carbons (Fsp3) is 0.286. The molecule has 3 aromatic rings. The lowest BCUT2D eigenvalue weighted by Gasteiger charge is -2.21. The second kappa shape index (κ2) is 9.23. The summed E-state index contributed by atoms with van der Waals surface area (Å²) in [4.78, 5) is 16.9. The van der Waals surface area contributed by atoms with Gasteiger partial charge in [-0.25, -0.2) is 9.37 Å². The van der Waals surface area contributed by atoms with Crippen LogP contribution in [0.15, 0.2) is 55.1 Å². The molecule has 7 heteroatoms. The number of carboxylic acid groups (broad SMARTS) is 1. The van der Waals surface area contributed by atoms with Gasteiger partial charge in [0.15, 0.2) is 0 Å². The van der Waals surface area contributed by atoms with Crippen LogP contribution in [0.3, 0.4) is 0 Å². The molecule has 1 saturated heterocycles. The lowest BCUT2D eigenvalue weighted by Crippen LogP contribution is -2.20. The van der Waals surface area contributed by atoms with E-state index in [-0.39, 0.29) is 18.3 Å². The number of ether oxygens (including phenoxy) is 1. The van der Waals surface area contributed by atoms with Crippen LogP contribution in [-0.2, 0) is 16.0 Å². The number of aromatic nitrogens is 3. The second-order valence-electron chi connectivity index (χ2n) is 6.65. The smallest absolute Gasteiger partial charge is 0.290 e. The Morgan fingerprint density at radius 1 is 1.25 bits per heavy atom. The topological polar surface area (TPSA) is 77.2 Å². The van der Waals surface area contributed by atoms with Crippen molar-refractivity contribution in [3.8, 4) is 11.4 Å². The Balaban J connectivity index is 0.000000706. The highest BCUT2D eigenvalue weighted by molar-refractivity contribution is 5.56. The zero-order chi connectivity index (χ0) is 19.9. The summed E-state index contributed by atoms with van der Waals surface area (Å²) in [6.07, 6.45) is 8.30. The van der Waals surface area contributed by atoms with Gasteiger partial charge in [-0.3, -0.25) is 9.78 Å². The van der Waals surface area contributed by atoms with Crippen molar-refractivity contribution < 1.29 is 19.0 Å². The van der Waals surface area contributed by atoms with Crippen LogP contribution in [0.2, 0.25) is 0 Å². The molecule has 28 heavy (non-hydrogen) atoms. The van der Waals surface area contributed by atoms with E-state index in [2.05, 4.69) is 14.5 Å². The lowest BCUT2D eigenvalue weighted by atomic mass is 9.95. The molecule has 0 radical (unpaired) electrons. The van der Waals surface area contributed by atoms with Gasteiger partial charge in [0.05, 0.1) is 19.3 Å². The van der Waals surface area contributed by atoms with Gasteiger partial charge in [0, 0.05) is 36.3 Å². The Kier molecular flexibility index (Phi) is 6.49. The zero-order valence-corrected chi connectivity index (χ0v) is 15.5. The molecule has 1 aliphatic rings. The molecule has 0 saturated carbocycles. The van der Waals surface area contributed by atoms with Gasteiger partial charge in [0.1, 0.15) is 11.6 Å². The first-order chi connectivity index (χ1) is 13.6. The van der Waals surface area contributed by atoms with Gasteiger partial charge in [-0.1, -0.05) is 12.1 Å². The number of pyridine rings is 1. The van der Waals surface area contributed by atoms with Gasteiger partial charge in [0.2, 0.25) is 0 Å². The quantitative estimate of drug-likeness (QED) is 0.698. The third-order valence-electron chi connectivity index (χ3n) is 4.87. The number of halogens is 1. The summed E-state index contributed by atoms with van der Waals surface area (Å²) < 4.78 is 21.9. The van der Waals surface area contributed by atoms with Crippen molar-refractivity contribution in [2.45, 2.75) is 19.4 Å². The molecule has 0 spiro atoms. The molecule has 146 valence electrons. The predicted molar refractivity (Wildman–Crippen MR) is 102 cm³/mol. The number of aryl methyl sites for hydroxylation is 1. The van der Waals surface area contributed by atoms with Gasteiger partial charge in [-0.15, -0.1) is 0 Å². The highest BCUT2D eigenvalue weighted by atomic mass is 19.1. The summed E-state index contributed by atoms with van der Waals surface area (Å²) in [5, 5.41) is 6.89. The van der Waals surface area contributed by atoms with Crippen molar-refractivity contribution in [1.29, 1.82) is 0 Å². The molecule has 2 aromatic heterocycles. The molecule has 1 aromatic carbocycles. The third-order valence-corrected chi connectivity index (χ3v) is 4.87. The van der Waals surface area contributed by atoms with E-state index < -0.39 is 0 Å². The van der Waals surface area contributed by atoms with E-state index in [1.165, 1.54) is 5.56 Å². The van der Waals surface area contributed by atoms with Crippen LogP contribution in [-0.4, -0.2) is 39.3 Å². The van der Waals surface area contributed by atoms with E-state index in [0.717, 1.165) is 17.8 Å². The van der Waals surface area contributed by atoms with E-state index in [1.54, 1.807) is 25.3 Å². The molecule has 1 aliphatic heterocycles. The van der Waals surface area contributed by atoms with Gasteiger partial charge in [-0.2, -0.15) is 0 Å². The maximum absolute atomic E-state index is 14.0. The number of hydrogen-bond donors (Lipinski definition) is 1. The van der Waals surface area contributed by atoms with Crippen LogP contribution in [0.4, 0.5) is 4.39 Å². The average Bonchev–Trinajstić information content (AvgIpc) is 3.34. The Morgan fingerprint density at radius 3 is 2.71 bits per heavy atom. The van der Waals surface area contributed by atoms with Crippen molar-refractivity contribution in [1.82, 2.24) is 14.5 Å². The summed E-state index contributed by atoms with van der Waals surface area (Å²) in [7, 11) is 0. The molecular weight excluding hydrogens is 361 g/mol. The summed E-state index contributed by atoms with van der Waals surface area (Å²) in [6, 6.07) is 9.55. The summed E-state index contributed by atoms with van der Waals surface area (Å²) >= 11 is 0. The van der Waals surface area contributed by atoms with Crippen LogP contribution in [0.1, 0.15) is 17.2 Å². The highest BCUT2D eigenvalue weighted by Gasteiger charge is 2.31. The van der Waals surface area contributed by atoms with Crippen molar-refractivity contribution in [3.05, 3.63) is 72.1 Å². The monoisotopic (exact) mass is 383 g/mol. The Hall–Kier alpha value is -3.06. The van der Waals surface area contributed by atoms with Crippen molar-refractivity contribution in [3.63, 3.8) is 0 Å². The average molecular weight is 383 g/mol. The molecule has 0 aliphatic carbocycles. The van der Waals surface area contributed by atoms with Crippen LogP contribution >= 0.6 is 0 Å². The fourth-order valence-corrected chi connectivity index (χ4v) is 3.45. The number of rotatable bonds is 4. The molecule has 4 rings (SSSR count). The van der Waals surface area contributed by atoms with Crippen molar-refractivity contribution in [2.24, 2.45) is 5.92 Å². The van der Waals surface area contributed by atoms with E-state index in [9.17, 15) is 4.39 Å². The summed E-state index contributed by atoms with van der Waals surface area (Å²) in [6.45, 7) is 2.88. The highest BCUT2D eigenvalue weighted by Crippen LogP contribution is 2.32. The Morgan fingerprint density at radius 2 is 2.00 bits per heavy atom. The molecule has 3 heterocycles. The fourth-order valence-electron chi connectivity index (χ4n) is 3.45. The SMILES string of the molecule is Cc1ccc(-c2nccn2[C@@H]2COC[C@H]2Cc2ccncc2)cc1F.O=CO. The number of hydrogen-bond acceptors (Lipinski definition) is 4. The normalized spacial score (nSPS) is 18.4. The van der Waals surface area contributed by atoms with E-state index in [1.807, 2.05) is 36.8 Å². The van der Waals surface area contributed by atoms with Crippen molar-refractivity contribution >= 4 is 6.47 Å². The summed E-state index contributed by atoms with van der Waals surface area (Å²) in [5.74, 6) is 0.933. The minimum Gasteiger partial charge on any atom is -0.483 e. The van der Waals surface area contributed by atoms with E-state index in [4.69, 9.17) is 14.6 Å². The Labute approximate surface area is 162 Å². The van der Waals surface area contributed by atoms with Gasteiger partial charge >= 0.3 is 0 Å². The molecule has 1 N–H and O–H groups in total. The lowest BCUT2D eigenvalue weighted by molar-refractivity contribution is -0.122. The first kappa shape index (κ1) is 19.7. The third kappa shape index (κ3) is 4.43. The van der Waals surface area contributed by atoms with Crippen LogP contribution < -0.4 is 0 Å². The minimum absolute atomic E-state index is 0.190. The molecular formula is C21H22FN3O3. The van der Waals surface area contributed by atoms with Crippen LogP contribution in [0.25, 0.3) is 11.4 Å². The first-order valence-corrected chi connectivity index (χ1v) is 8.98. The molecule has 0 amide bonds. The number of imidazole rings is 1. The maximum atomic E-state index is 14.0. The molecule has 0 bridgehead atoms. The minimum atomic E-state index is -0.250. The summed E-state index contributed by atoms with van der Waals surface area (Å²) in [5.41, 5.74) is 2.68. The maximum Gasteiger partial charge on any atom is 0.290 e. The van der Waals surface area contributed by atoms with Crippen molar-refractivity contribution in [2.75, 3.05) is 13.2 Å². The van der Waals surface area contributed by atoms with Crippen LogP contribution in [0.5, 0.6) is 0 Å². The van der Waals surface area contributed by atoms with E-state index >= 15 is 0 Å². The standard InChI is InChI=1S/C20H20FN3O.CH2O2/c1-14-2-3-16(11-18(14)21)20-23-8-9-24(20)19-13-25-12-17(19)10-15-4-6-22-7-5-15;2-1-3/h2-9,11,17,19H,10,12-13H2,1H3;1H,(H,2,3)/t17-,19-;/m1./s1. The number of carbonyl (C=O) groups is 1.